The summed E-state index contributed by atoms with van der Waals surface area (Å²) >= 11 is 15.8. The topological polar surface area (TPSA) is 25.2 Å². The van der Waals surface area contributed by atoms with Crippen molar-refractivity contribution in [1.29, 1.82) is 0 Å². The lowest BCUT2D eigenvalue weighted by Gasteiger charge is -2.14. The maximum absolute atomic E-state index is 6.17. The highest BCUT2D eigenvalue weighted by Crippen LogP contribution is 2.33. The summed E-state index contributed by atoms with van der Waals surface area (Å²) in [5.41, 5.74) is 1.72. The molecule has 0 aliphatic rings. The lowest BCUT2D eigenvalue weighted by atomic mass is 10.0. The quantitative estimate of drug-likeness (QED) is 0.616. The maximum atomic E-state index is 6.17. The predicted molar refractivity (Wildman–Crippen MR) is 91.3 cm³/mol. The molecule has 0 spiro atoms. The fraction of sp³-hybridized carbons (Fsp3) is 0.125. The first kappa shape index (κ1) is 14.9. The van der Waals surface area contributed by atoms with E-state index in [9.17, 15) is 0 Å². The van der Waals surface area contributed by atoms with E-state index in [4.69, 9.17) is 27.6 Å². The van der Waals surface area contributed by atoms with Crippen LogP contribution in [0, 0.1) is 0 Å². The summed E-state index contributed by atoms with van der Waals surface area (Å²) in [6.07, 6.45) is 0. The number of furan rings is 1. The van der Waals surface area contributed by atoms with Crippen LogP contribution in [0.5, 0.6) is 0 Å². The summed E-state index contributed by atoms with van der Waals surface area (Å²) in [5, 5.41) is 5.52. The highest BCUT2D eigenvalue weighted by atomic mass is 79.9. The van der Waals surface area contributed by atoms with E-state index in [-0.39, 0.29) is 6.04 Å². The number of hydrogen-bond donors (Lipinski definition) is 1. The van der Waals surface area contributed by atoms with E-state index in [0.29, 0.717) is 15.6 Å². The Kier molecular flexibility index (Phi) is 4.27. The molecule has 0 bridgehead atoms. The van der Waals surface area contributed by atoms with Crippen LogP contribution in [0.15, 0.2) is 51.4 Å². The van der Waals surface area contributed by atoms with Crippen LogP contribution < -0.4 is 5.32 Å². The molecule has 1 aromatic heterocycles. The SMILES string of the molecule is CNC(c1cc(Cl)cc(Br)c1)c1cc2cccc(Cl)c2o1. The molecule has 5 heteroatoms. The van der Waals surface area contributed by atoms with Crippen LogP contribution in [-0.2, 0) is 0 Å². The molecule has 3 aromatic rings. The van der Waals surface area contributed by atoms with Crippen LogP contribution in [0.3, 0.4) is 0 Å². The van der Waals surface area contributed by atoms with Crippen molar-refractivity contribution in [3.8, 4) is 0 Å². The van der Waals surface area contributed by atoms with Gasteiger partial charge in [0.05, 0.1) is 11.1 Å². The van der Waals surface area contributed by atoms with Crippen molar-refractivity contribution in [2.45, 2.75) is 6.04 Å². The van der Waals surface area contributed by atoms with Crippen molar-refractivity contribution in [3.05, 3.63) is 68.3 Å². The van der Waals surface area contributed by atoms with E-state index in [1.807, 2.05) is 49.5 Å². The van der Waals surface area contributed by atoms with E-state index in [0.717, 1.165) is 21.2 Å². The standard InChI is InChI=1S/C16H12BrCl2NO/c1-20-15(10-5-11(17)8-12(18)6-10)14-7-9-3-2-4-13(19)16(9)21-14/h2-8,15,20H,1H3. The number of halogens is 3. The number of nitrogens with one attached hydrogen (secondary N) is 1. The third-order valence-electron chi connectivity index (χ3n) is 3.31. The molecular formula is C16H12BrCl2NO. The molecule has 1 atom stereocenters. The third-order valence-corrected chi connectivity index (χ3v) is 4.28. The molecule has 0 saturated heterocycles. The minimum Gasteiger partial charge on any atom is -0.457 e. The van der Waals surface area contributed by atoms with Gasteiger partial charge in [-0.05, 0) is 42.9 Å². The van der Waals surface area contributed by atoms with Crippen molar-refractivity contribution in [2.75, 3.05) is 7.05 Å². The summed E-state index contributed by atoms with van der Waals surface area (Å²) in [7, 11) is 1.88. The van der Waals surface area contributed by atoms with E-state index in [1.165, 1.54) is 0 Å². The highest BCUT2D eigenvalue weighted by Gasteiger charge is 2.18. The smallest absolute Gasteiger partial charge is 0.152 e. The maximum Gasteiger partial charge on any atom is 0.152 e. The van der Waals surface area contributed by atoms with Gasteiger partial charge < -0.3 is 9.73 Å². The van der Waals surface area contributed by atoms with Crippen LogP contribution in [0.1, 0.15) is 17.4 Å². The van der Waals surface area contributed by atoms with Gasteiger partial charge in [-0.2, -0.15) is 0 Å². The van der Waals surface area contributed by atoms with Gasteiger partial charge in [0.2, 0.25) is 0 Å². The second-order valence-corrected chi connectivity index (χ2v) is 6.49. The van der Waals surface area contributed by atoms with Gasteiger partial charge in [-0.25, -0.2) is 0 Å². The van der Waals surface area contributed by atoms with E-state index < -0.39 is 0 Å². The fourth-order valence-corrected chi connectivity index (χ4v) is 3.51. The molecule has 3 rings (SSSR count). The first-order valence-electron chi connectivity index (χ1n) is 6.39. The predicted octanol–water partition coefficient (Wildman–Crippen LogP) is 5.81. The number of hydrogen-bond acceptors (Lipinski definition) is 2. The zero-order chi connectivity index (χ0) is 15.0. The Morgan fingerprint density at radius 2 is 1.95 bits per heavy atom. The summed E-state index contributed by atoms with van der Waals surface area (Å²) in [6.45, 7) is 0. The number of para-hydroxylation sites is 1. The Hall–Kier alpha value is -1.00. The molecule has 21 heavy (non-hydrogen) atoms. The Morgan fingerprint density at radius 1 is 1.14 bits per heavy atom. The third kappa shape index (κ3) is 2.97. The lowest BCUT2D eigenvalue weighted by molar-refractivity contribution is 0.491. The van der Waals surface area contributed by atoms with Gasteiger partial charge in [0.15, 0.2) is 5.58 Å². The summed E-state index contributed by atoms with van der Waals surface area (Å²) in [4.78, 5) is 0. The molecule has 0 saturated carbocycles. The summed E-state index contributed by atoms with van der Waals surface area (Å²) in [5.74, 6) is 0.801. The van der Waals surface area contributed by atoms with Crippen molar-refractivity contribution in [2.24, 2.45) is 0 Å². The van der Waals surface area contributed by atoms with Gasteiger partial charge in [-0.1, -0.05) is 51.3 Å². The van der Waals surface area contributed by atoms with Crippen LogP contribution in [0.4, 0.5) is 0 Å². The van der Waals surface area contributed by atoms with Gasteiger partial charge >= 0.3 is 0 Å². The average molecular weight is 385 g/mol. The van der Waals surface area contributed by atoms with Crippen molar-refractivity contribution >= 4 is 50.1 Å². The minimum atomic E-state index is -0.0940. The van der Waals surface area contributed by atoms with Crippen LogP contribution in [-0.4, -0.2) is 7.05 Å². The van der Waals surface area contributed by atoms with E-state index in [2.05, 4.69) is 21.2 Å². The number of benzene rings is 2. The molecule has 0 radical (unpaired) electrons. The zero-order valence-corrected chi connectivity index (χ0v) is 14.3. The van der Waals surface area contributed by atoms with Crippen LogP contribution in [0.25, 0.3) is 11.0 Å². The lowest BCUT2D eigenvalue weighted by Crippen LogP contribution is -2.16. The summed E-state index contributed by atoms with van der Waals surface area (Å²) < 4.78 is 6.86. The first-order valence-corrected chi connectivity index (χ1v) is 7.94. The van der Waals surface area contributed by atoms with Crippen LogP contribution >= 0.6 is 39.1 Å². The second-order valence-electron chi connectivity index (χ2n) is 4.73. The molecule has 1 heterocycles. The fourth-order valence-electron chi connectivity index (χ4n) is 2.40. The normalized spacial score (nSPS) is 12.8. The van der Waals surface area contributed by atoms with Gasteiger partial charge in [-0.15, -0.1) is 0 Å². The monoisotopic (exact) mass is 383 g/mol. The molecule has 0 aliphatic heterocycles. The highest BCUT2D eigenvalue weighted by molar-refractivity contribution is 9.10. The number of rotatable bonds is 3. The van der Waals surface area contributed by atoms with Crippen molar-refractivity contribution in [3.63, 3.8) is 0 Å². The van der Waals surface area contributed by atoms with Crippen molar-refractivity contribution in [1.82, 2.24) is 5.32 Å². The van der Waals surface area contributed by atoms with Gasteiger partial charge in [0, 0.05) is 14.9 Å². The molecule has 0 fully saturated rings. The Labute approximate surface area is 141 Å². The van der Waals surface area contributed by atoms with Gasteiger partial charge in [0.25, 0.3) is 0 Å². The minimum absolute atomic E-state index is 0.0940. The Balaban J connectivity index is 2.11. The van der Waals surface area contributed by atoms with E-state index in [1.54, 1.807) is 0 Å². The van der Waals surface area contributed by atoms with Crippen molar-refractivity contribution < 1.29 is 4.42 Å². The molecule has 108 valence electrons. The van der Waals surface area contributed by atoms with E-state index >= 15 is 0 Å². The largest absolute Gasteiger partial charge is 0.457 e. The Bertz CT molecular complexity index is 780. The Morgan fingerprint density at radius 3 is 2.62 bits per heavy atom. The van der Waals surface area contributed by atoms with Crippen LogP contribution in [0.2, 0.25) is 10.0 Å². The molecular weight excluding hydrogens is 373 g/mol. The second kappa shape index (κ2) is 6.01. The zero-order valence-electron chi connectivity index (χ0n) is 11.2. The van der Waals surface area contributed by atoms with Gasteiger partial charge in [-0.3, -0.25) is 0 Å². The average Bonchev–Trinajstić information content (AvgIpc) is 2.83. The molecule has 1 unspecified atom stereocenters. The summed E-state index contributed by atoms with van der Waals surface area (Å²) in [6, 6.07) is 13.4. The molecule has 0 aliphatic carbocycles. The molecule has 0 amide bonds. The number of fused-ring (bicyclic) bond motifs is 1. The first-order chi connectivity index (χ1) is 10.1. The molecule has 2 nitrogen and oxygen atoms in total. The molecule has 1 N–H and O–H groups in total. The van der Waals surface area contributed by atoms with Gasteiger partial charge in [0.1, 0.15) is 5.76 Å². The molecule has 2 aromatic carbocycles.